The third-order valence-electron chi connectivity index (χ3n) is 14.0. The molecule has 432 valence electrons. The molecule has 2 saturated heterocycles. The molecule has 9 unspecified atom stereocenters. The topological polar surface area (TPSA) is 325 Å². The van der Waals surface area contributed by atoms with Crippen LogP contribution in [0.15, 0.2) is 0 Å². The number of aliphatic hydroxyl groups is 2. The Morgan fingerprint density at radius 3 is 1.63 bits per heavy atom. The van der Waals surface area contributed by atoms with Crippen molar-refractivity contribution < 1.29 is 62.6 Å². The maximum absolute atomic E-state index is 14.2. The predicted molar refractivity (Wildman–Crippen MR) is 286 cm³/mol. The van der Waals surface area contributed by atoms with Crippen molar-refractivity contribution in [2.75, 3.05) is 72.6 Å². The number of rotatable bonds is 38. The van der Waals surface area contributed by atoms with Crippen molar-refractivity contribution in [1.82, 2.24) is 16.8 Å². The standard InChI is InChI=1S/C36H65N3O8.C9H19NO3.C9H21NO2.H3N/c1-9-12-14-16-35(7,15-13-10-2)30(41)38-25-39-31(42)36(8,24-33(4,5)32(43)47-23-28-22-46-28)18-26(19-44-20-27-21-45-27)17-34(6,11-3)29(37)40;1-4-9(2,3)8(12)13-6-7(11)5-10;1-3-4-8(2)6-12-7-9(11)5-10;/h26-28H,9-25H2,1-8H3,(H2,37,40)(H,38,41)(H,39,42);7,11H,4-6,10H2,1-3H3;8-9,11H,3-7,10H2,1-2H3;1H3. The highest BCUT2D eigenvalue weighted by Gasteiger charge is 2.46. The van der Waals surface area contributed by atoms with Crippen molar-refractivity contribution in [3.63, 3.8) is 0 Å². The summed E-state index contributed by atoms with van der Waals surface area (Å²) in [4.78, 5) is 64.7. The van der Waals surface area contributed by atoms with E-state index >= 15 is 0 Å². The van der Waals surface area contributed by atoms with Gasteiger partial charge in [0.15, 0.2) is 0 Å². The van der Waals surface area contributed by atoms with Crippen LogP contribution in [0.5, 0.6) is 0 Å². The summed E-state index contributed by atoms with van der Waals surface area (Å²) < 4.78 is 32.2. The Balaban J connectivity index is 0. The van der Waals surface area contributed by atoms with Crippen molar-refractivity contribution in [2.45, 2.75) is 204 Å². The van der Waals surface area contributed by atoms with Crippen LogP contribution in [-0.4, -0.2) is 137 Å². The van der Waals surface area contributed by atoms with E-state index in [1.54, 1.807) is 13.8 Å². The summed E-state index contributed by atoms with van der Waals surface area (Å²) in [5.41, 5.74) is 12.4. The number of amides is 3. The van der Waals surface area contributed by atoms with E-state index in [1.165, 1.54) is 12.8 Å². The van der Waals surface area contributed by atoms with E-state index in [2.05, 4.69) is 38.3 Å². The second-order valence-corrected chi connectivity index (χ2v) is 22.6. The lowest BCUT2D eigenvalue weighted by Crippen LogP contribution is -2.50. The number of hydrogen-bond acceptors (Lipinski definition) is 16. The first kappa shape index (κ1) is 72.1. The van der Waals surface area contributed by atoms with Crippen LogP contribution in [0.1, 0.15) is 180 Å². The quantitative estimate of drug-likeness (QED) is 0.0147. The zero-order valence-electron chi connectivity index (χ0n) is 48.0. The zero-order valence-corrected chi connectivity index (χ0v) is 48.0. The lowest BCUT2D eigenvalue weighted by Gasteiger charge is -2.39. The van der Waals surface area contributed by atoms with Crippen molar-refractivity contribution in [1.29, 1.82) is 0 Å². The maximum atomic E-state index is 14.2. The number of unbranched alkanes of at least 4 members (excludes halogenated alkanes) is 3. The molecule has 0 aromatic rings. The molecule has 0 aromatic carbocycles. The van der Waals surface area contributed by atoms with Gasteiger partial charge in [0.25, 0.3) is 0 Å². The average Bonchev–Trinajstić information content (AvgIpc) is 4.29. The third kappa shape index (κ3) is 30.4. The highest BCUT2D eigenvalue weighted by molar-refractivity contribution is 5.86. The van der Waals surface area contributed by atoms with Gasteiger partial charge in [-0.15, -0.1) is 0 Å². The van der Waals surface area contributed by atoms with Gasteiger partial charge < -0.3 is 72.6 Å². The van der Waals surface area contributed by atoms with Crippen LogP contribution in [0.25, 0.3) is 0 Å². The molecule has 2 aliphatic rings. The molecular weight excluding hydrogens is 941 g/mol. The van der Waals surface area contributed by atoms with Crippen molar-refractivity contribution in [2.24, 2.45) is 56.1 Å². The summed E-state index contributed by atoms with van der Waals surface area (Å²) in [5.74, 6) is -1.10. The number of aliphatic hydroxyl groups excluding tert-OH is 2. The molecule has 13 N–H and O–H groups in total. The van der Waals surface area contributed by atoms with E-state index in [1.807, 2.05) is 48.5 Å². The first-order chi connectivity index (χ1) is 33.7. The van der Waals surface area contributed by atoms with Crippen molar-refractivity contribution in [3.05, 3.63) is 0 Å². The molecule has 0 radical (unpaired) electrons. The molecule has 0 bridgehead atoms. The van der Waals surface area contributed by atoms with Gasteiger partial charge in [0.05, 0.1) is 50.0 Å². The van der Waals surface area contributed by atoms with Gasteiger partial charge in [-0.3, -0.25) is 24.0 Å². The summed E-state index contributed by atoms with van der Waals surface area (Å²) in [6.07, 6.45) is 9.95. The number of carbonyl (C=O) groups is 5. The van der Waals surface area contributed by atoms with Crippen LogP contribution >= 0.6 is 0 Å². The third-order valence-corrected chi connectivity index (χ3v) is 14.0. The van der Waals surface area contributed by atoms with Crippen LogP contribution in [0.3, 0.4) is 0 Å². The van der Waals surface area contributed by atoms with Crippen LogP contribution in [0, 0.1) is 38.9 Å². The Morgan fingerprint density at radius 1 is 0.630 bits per heavy atom. The number of carbonyl (C=O) groups excluding carboxylic acids is 5. The van der Waals surface area contributed by atoms with Gasteiger partial charge in [0.2, 0.25) is 17.7 Å². The molecule has 2 aliphatic heterocycles. The molecule has 19 heteroatoms. The van der Waals surface area contributed by atoms with E-state index in [0.29, 0.717) is 64.6 Å². The van der Waals surface area contributed by atoms with Gasteiger partial charge >= 0.3 is 11.9 Å². The van der Waals surface area contributed by atoms with Gasteiger partial charge in [-0.25, -0.2) is 0 Å². The molecule has 0 saturated carbocycles. The molecule has 0 aliphatic carbocycles. The van der Waals surface area contributed by atoms with E-state index < -0.39 is 51.2 Å². The zero-order chi connectivity index (χ0) is 55.2. The number of nitrogens with two attached hydrogens (primary N) is 3. The van der Waals surface area contributed by atoms with E-state index in [4.69, 9.17) is 55.8 Å². The maximum Gasteiger partial charge on any atom is 0.311 e. The number of ether oxygens (including phenoxy) is 6. The van der Waals surface area contributed by atoms with Gasteiger partial charge in [0, 0.05) is 42.5 Å². The van der Waals surface area contributed by atoms with Crippen molar-refractivity contribution >= 4 is 29.7 Å². The molecular formula is C54H108N6O13. The number of primary amides is 1. The summed E-state index contributed by atoms with van der Waals surface area (Å²) in [6, 6.07) is 0. The highest BCUT2D eigenvalue weighted by Crippen LogP contribution is 2.43. The fourth-order valence-corrected chi connectivity index (χ4v) is 8.18. The summed E-state index contributed by atoms with van der Waals surface area (Å²) in [5, 5.41) is 24.0. The first-order valence-corrected chi connectivity index (χ1v) is 27.0. The van der Waals surface area contributed by atoms with Crippen molar-refractivity contribution in [3.8, 4) is 0 Å². The normalized spacial score (nSPS) is 19.1. The Morgan fingerprint density at radius 2 is 1.14 bits per heavy atom. The average molecular weight is 1050 g/mol. The Bertz CT molecular complexity index is 1550. The van der Waals surface area contributed by atoms with Crippen LogP contribution in [0.4, 0.5) is 0 Å². The first-order valence-electron chi connectivity index (χ1n) is 27.0. The number of hydrogen-bond donors (Lipinski definition) is 8. The van der Waals surface area contributed by atoms with Gasteiger partial charge in [-0.1, -0.05) is 101 Å². The molecule has 73 heavy (non-hydrogen) atoms. The molecule has 3 amide bonds. The smallest absolute Gasteiger partial charge is 0.311 e. The Hall–Kier alpha value is -3.01. The summed E-state index contributed by atoms with van der Waals surface area (Å²) >= 11 is 0. The monoisotopic (exact) mass is 1050 g/mol. The lowest BCUT2D eigenvalue weighted by atomic mass is 9.66. The van der Waals surface area contributed by atoms with E-state index in [0.717, 1.165) is 51.6 Å². The number of epoxide rings is 2. The molecule has 0 aromatic heterocycles. The fraction of sp³-hybridized carbons (Fsp3) is 0.907. The van der Waals surface area contributed by atoms with Gasteiger partial charge in [-0.05, 0) is 90.9 Å². The fourth-order valence-electron chi connectivity index (χ4n) is 8.18. The van der Waals surface area contributed by atoms with Gasteiger partial charge in [-0.2, -0.15) is 0 Å². The molecule has 2 fully saturated rings. The molecule has 2 heterocycles. The lowest BCUT2D eigenvalue weighted by molar-refractivity contribution is -0.158. The minimum atomic E-state index is -1.08. The Kier molecular flexibility index (Phi) is 36.4. The largest absolute Gasteiger partial charge is 0.462 e. The van der Waals surface area contributed by atoms with Crippen LogP contribution < -0.4 is 34.0 Å². The molecule has 19 nitrogen and oxygen atoms in total. The summed E-state index contributed by atoms with van der Waals surface area (Å²) in [6.45, 7) is 28.9. The minimum Gasteiger partial charge on any atom is -0.462 e. The SMILES string of the molecule is CCC(C)(C)C(=O)OCC(O)CN.CCCC(C)COCC(O)CN.CCCCCC(C)(CCCC)C(=O)NCNC(=O)C(C)(CC(COCC1CO1)CC(C)(CC)C(N)=O)CC(C)(C)C(=O)OCC1CO1.N. The van der Waals surface area contributed by atoms with E-state index in [9.17, 15) is 24.0 Å². The number of esters is 2. The second kappa shape index (κ2) is 36.9. The molecule has 9 atom stereocenters. The highest BCUT2D eigenvalue weighted by atomic mass is 16.6. The second-order valence-electron chi connectivity index (χ2n) is 22.6. The minimum absolute atomic E-state index is 0. The van der Waals surface area contributed by atoms with Gasteiger partial charge in [0.1, 0.15) is 31.5 Å². The Labute approximate surface area is 440 Å². The van der Waals surface area contributed by atoms with E-state index in [-0.39, 0.29) is 81.5 Å². The van der Waals surface area contributed by atoms with Crippen LogP contribution in [0.2, 0.25) is 0 Å². The van der Waals surface area contributed by atoms with Crippen LogP contribution in [-0.2, 0) is 52.4 Å². The molecule has 2 rings (SSSR count). The summed E-state index contributed by atoms with van der Waals surface area (Å²) in [7, 11) is 0. The predicted octanol–water partition coefficient (Wildman–Crippen LogP) is 6.24. The number of nitrogens with one attached hydrogen (secondary N) is 2. The molecule has 0 spiro atoms.